The highest BCUT2D eigenvalue weighted by Gasteiger charge is 2.29. The Balaban J connectivity index is 0.000000890. The monoisotopic (exact) mass is 458 g/mol. The molecule has 0 aliphatic heterocycles. The molecule has 3 rings (SSSR count). The Morgan fingerprint density at radius 2 is 1.55 bits per heavy atom. The molecule has 0 aromatic heterocycles. The summed E-state index contributed by atoms with van der Waals surface area (Å²) in [7, 11) is 12.1. The number of nitrogens with zero attached hydrogens (tertiary/aromatic N) is 1. The minimum Gasteiger partial charge on any atom is -0.493 e. The molecule has 2 aromatic carbocycles. The molecule has 0 saturated carbocycles. The fraction of sp³-hybridized carbons (Fsp3) is 0.440. The van der Waals surface area contributed by atoms with E-state index in [9.17, 15) is 9.59 Å². The van der Waals surface area contributed by atoms with Crippen molar-refractivity contribution in [2.45, 2.75) is 25.8 Å². The van der Waals surface area contributed by atoms with Gasteiger partial charge in [0.05, 0.1) is 34.5 Å². The topological polar surface area (TPSA) is 86.3 Å². The molecule has 1 aliphatic carbocycles. The molecule has 0 unspecified atom stereocenters. The molecular formula is C25H34N2O6. The number of hydrogen-bond acceptors (Lipinski definition) is 7. The third-order valence-corrected chi connectivity index (χ3v) is 5.10. The van der Waals surface area contributed by atoms with E-state index in [-0.39, 0.29) is 23.1 Å². The summed E-state index contributed by atoms with van der Waals surface area (Å²) in [5.74, 6) is 1.60. The van der Waals surface area contributed by atoms with Gasteiger partial charge in [-0.15, -0.1) is 0 Å². The molecule has 2 aromatic rings. The van der Waals surface area contributed by atoms with Crippen LogP contribution in [0.5, 0.6) is 23.0 Å². The van der Waals surface area contributed by atoms with Crippen LogP contribution < -0.4 is 29.7 Å². The van der Waals surface area contributed by atoms with Gasteiger partial charge in [-0.25, -0.2) is 0 Å². The van der Waals surface area contributed by atoms with Crippen molar-refractivity contribution in [2.24, 2.45) is 0 Å². The SMILES string of the molecule is CN(C)C.COc1cc2c(c(OC)c1OC)-c1ccc(OC)c(=O)cc1[C@@H](NC(C)=O)CC2. The lowest BCUT2D eigenvalue weighted by molar-refractivity contribution is -0.119. The Labute approximate surface area is 195 Å². The molecule has 0 saturated heterocycles. The summed E-state index contributed by atoms with van der Waals surface area (Å²) in [4.78, 5) is 26.5. The molecule has 0 spiro atoms. The van der Waals surface area contributed by atoms with E-state index >= 15 is 0 Å². The van der Waals surface area contributed by atoms with Crippen LogP contribution in [0.15, 0.2) is 29.1 Å². The highest BCUT2D eigenvalue weighted by atomic mass is 16.5. The second kappa shape index (κ2) is 11.6. The number of benzene rings is 1. The summed E-state index contributed by atoms with van der Waals surface area (Å²) in [6.07, 6.45) is 1.27. The second-order valence-electron chi connectivity index (χ2n) is 8.09. The van der Waals surface area contributed by atoms with E-state index in [1.54, 1.807) is 27.4 Å². The van der Waals surface area contributed by atoms with Crippen molar-refractivity contribution in [2.75, 3.05) is 49.6 Å². The van der Waals surface area contributed by atoms with Crippen LogP contribution in [0.1, 0.15) is 30.5 Å². The predicted octanol–water partition coefficient (Wildman–Crippen LogP) is 3.05. The fourth-order valence-corrected chi connectivity index (χ4v) is 3.86. The molecule has 1 amide bonds. The third kappa shape index (κ3) is 5.96. The van der Waals surface area contributed by atoms with E-state index in [0.717, 1.165) is 16.7 Å². The number of carbonyl (C=O) groups excluding carboxylic acids is 1. The summed E-state index contributed by atoms with van der Waals surface area (Å²) in [5, 5.41) is 2.96. The Morgan fingerprint density at radius 1 is 0.939 bits per heavy atom. The van der Waals surface area contributed by atoms with E-state index < -0.39 is 0 Å². The van der Waals surface area contributed by atoms with Crippen LogP contribution in [0.2, 0.25) is 0 Å². The molecule has 1 N–H and O–H groups in total. The van der Waals surface area contributed by atoms with Gasteiger partial charge in [-0.05, 0) is 68.9 Å². The fourth-order valence-electron chi connectivity index (χ4n) is 3.86. The maximum atomic E-state index is 12.6. The number of hydrogen-bond donors (Lipinski definition) is 1. The zero-order valence-electron chi connectivity index (χ0n) is 20.7. The molecule has 0 heterocycles. The Kier molecular flexibility index (Phi) is 9.11. The van der Waals surface area contributed by atoms with Crippen LogP contribution in [-0.4, -0.2) is 60.4 Å². The Bertz CT molecular complexity index is 1050. The van der Waals surface area contributed by atoms with Gasteiger partial charge in [0.1, 0.15) is 0 Å². The lowest BCUT2D eigenvalue weighted by Gasteiger charge is -2.19. The summed E-state index contributed by atoms with van der Waals surface area (Å²) >= 11 is 0. The average molecular weight is 459 g/mol. The van der Waals surface area contributed by atoms with Gasteiger partial charge in [0.2, 0.25) is 17.1 Å². The predicted molar refractivity (Wildman–Crippen MR) is 129 cm³/mol. The third-order valence-electron chi connectivity index (χ3n) is 5.10. The highest BCUT2D eigenvalue weighted by Crippen LogP contribution is 2.50. The standard InChI is InChI=1S/C22H25NO6.C3H9N/c1-12(24)23-16-8-6-13-10-19(27-3)21(28-4)22(29-5)20(13)14-7-9-18(26-2)17(25)11-15(14)16;1-4(2)3/h7,9-11,16H,6,8H2,1-5H3,(H,23,24);1-3H3/t16-;/m0./s1. The summed E-state index contributed by atoms with van der Waals surface area (Å²) in [6, 6.07) is 6.57. The average Bonchev–Trinajstić information content (AvgIpc) is 3.00. The lowest BCUT2D eigenvalue weighted by atomic mass is 9.95. The zero-order valence-corrected chi connectivity index (χ0v) is 20.7. The number of carbonyl (C=O) groups is 1. The molecular weight excluding hydrogens is 424 g/mol. The smallest absolute Gasteiger partial charge is 0.220 e. The Hall–Kier alpha value is -3.26. The Morgan fingerprint density at radius 3 is 2.06 bits per heavy atom. The molecule has 1 atom stereocenters. The molecule has 8 nitrogen and oxygen atoms in total. The maximum Gasteiger partial charge on any atom is 0.220 e. The first-order valence-electron chi connectivity index (χ1n) is 10.6. The van der Waals surface area contributed by atoms with Crippen molar-refractivity contribution in [3.8, 4) is 34.1 Å². The lowest BCUT2D eigenvalue weighted by Crippen LogP contribution is -2.26. The minimum atomic E-state index is -0.332. The number of amides is 1. The van der Waals surface area contributed by atoms with Crippen molar-refractivity contribution < 1.29 is 23.7 Å². The maximum absolute atomic E-state index is 12.6. The van der Waals surface area contributed by atoms with Crippen LogP contribution in [0, 0.1) is 0 Å². The second-order valence-corrected chi connectivity index (χ2v) is 8.09. The molecule has 8 heteroatoms. The number of ether oxygens (including phenoxy) is 4. The number of methoxy groups -OCH3 is 4. The van der Waals surface area contributed by atoms with E-state index in [0.29, 0.717) is 35.7 Å². The van der Waals surface area contributed by atoms with E-state index in [1.807, 2.05) is 38.2 Å². The van der Waals surface area contributed by atoms with Crippen LogP contribution in [0.25, 0.3) is 11.1 Å². The summed E-state index contributed by atoms with van der Waals surface area (Å²) in [5.41, 5.74) is 3.01. The largest absolute Gasteiger partial charge is 0.493 e. The first-order valence-corrected chi connectivity index (χ1v) is 10.6. The van der Waals surface area contributed by atoms with Gasteiger partial charge in [0.15, 0.2) is 17.2 Å². The van der Waals surface area contributed by atoms with E-state index in [1.165, 1.54) is 20.1 Å². The molecule has 0 fully saturated rings. The summed E-state index contributed by atoms with van der Waals surface area (Å²) < 4.78 is 22.0. The number of aryl methyl sites for hydroxylation is 1. The first-order chi connectivity index (χ1) is 15.7. The van der Waals surface area contributed by atoms with E-state index in [4.69, 9.17) is 18.9 Å². The highest BCUT2D eigenvalue weighted by molar-refractivity contribution is 5.83. The number of fused-ring (bicyclic) bond motifs is 3. The van der Waals surface area contributed by atoms with Crippen molar-refractivity contribution in [3.63, 3.8) is 0 Å². The first kappa shape index (κ1) is 26.0. The molecule has 1 aliphatic rings. The van der Waals surface area contributed by atoms with Crippen LogP contribution in [0.3, 0.4) is 0 Å². The van der Waals surface area contributed by atoms with Crippen LogP contribution >= 0.6 is 0 Å². The van der Waals surface area contributed by atoms with Gasteiger partial charge in [-0.3, -0.25) is 9.59 Å². The minimum absolute atomic E-state index is 0.167. The zero-order chi connectivity index (χ0) is 24.7. The summed E-state index contributed by atoms with van der Waals surface area (Å²) in [6.45, 7) is 1.46. The van der Waals surface area contributed by atoms with Gasteiger partial charge < -0.3 is 29.2 Å². The molecule has 0 bridgehead atoms. The molecule has 33 heavy (non-hydrogen) atoms. The number of nitrogens with one attached hydrogen (secondary N) is 1. The van der Waals surface area contributed by atoms with E-state index in [2.05, 4.69) is 5.32 Å². The van der Waals surface area contributed by atoms with Gasteiger partial charge in [-0.2, -0.15) is 0 Å². The van der Waals surface area contributed by atoms with Crippen molar-refractivity contribution >= 4 is 5.91 Å². The quantitative estimate of drug-likeness (QED) is 0.737. The normalized spacial score (nSPS) is 14.0. The van der Waals surface area contributed by atoms with Gasteiger partial charge >= 0.3 is 0 Å². The van der Waals surface area contributed by atoms with Crippen molar-refractivity contribution in [1.82, 2.24) is 10.2 Å². The molecule has 0 radical (unpaired) electrons. The van der Waals surface area contributed by atoms with Gasteiger partial charge in [0.25, 0.3) is 0 Å². The van der Waals surface area contributed by atoms with Crippen molar-refractivity contribution in [1.29, 1.82) is 0 Å². The van der Waals surface area contributed by atoms with Crippen LogP contribution in [-0.2, 0) is 11.2 Å². The van der Waals surface area contributed by atoms with Gasteiger partial charge in [-0.1, -0.05) is 6.07 Å². The van der Waals surface area contributed by atoms with Crippen LogP contribution in [0.4, 0.5) is 0 Å². The number of rotatable bonds is 5. The molecule has 180 valence electrons. The van der Waals surface area contributed by atoms with Gasteiger partial charge in [0, 0.05) is 12.5 Å². The van der Waals surface area contributed by atoms with Crippen molar-refractivity contribution in [3.05, 3.63) is 45.6 Å².